The van der Waals surface area contributed by atoms with E-state index in [2.05, 4.69) is 9.97 Å². The second kappa shape index (κ2) is 5.83. The number of thiazole rings is 1. The van der Waals surface area contributed by atoms with Crippen LogP contribution in [-0.2, 0) is 4.74 Å². The molecule has 0 atom stereocenters. The Morgan fingerprint density at radius 3 is 3.06 bits per heavy atom. The Hall–Kier alpha value is -1.60. The monoisotopic (exact) mass is 281 g/mol. The Balaban J connectivity index is 2.31. The van der Waals surface area contributed by atoms with Gasteiger partial charge in [-0.1, -0.05) is 11.8 Å². The number of ether oxygens (including phenoxy) is 1. The van der Waals surface area contributed by atoms with Crippen molar-refractivity contribution in [3.63, 3.8) is 0 Å². The number of carbonyl (C=O) groups is 1. The number of nitrogens with two attached hydrogens (primary N) is 1. The molecule has 0 aliphatic heterocycles. The zero-order valence-electron chi connectivity index (χ0n) is 9.62. The van der Waals surface area contributed by atoms with Crippen LogP contribution in [0.4, 0.5) is 5.82 Å². The van der Waals surface area contributed by atoms with Crippen molar-refractivity contribution in [1.82, 2.24) is 9.97 Å². The van der Waals surface area contributed by atoms with Crippen molar-refractivity contribution in [2.75, 3.05) is 12.3 Å². The Kier molecular flexibility index (Phi) is 4.16. The molecule has 0 aliphatic rings. The van der Waals surface area contributed by atoms with E-state index in [-0.39, 0.29) is 0 Å². The van der Waals surface area contributed by atoms with Crippen LogP contribution in [0.25, 0.3) is 0 Å². The zero-order valence-corrected chi connectivity index (χ0v) is 11.3. The van der Waals surface area contributed by atoms with Gasteiger partial charge in [0.25, 0.3) is 0 Å². The molecule has 0 saturated heterocycles. The number of hydrogen-bond acceptors (Lipinski definition) is 7. The van der Waals surface area contributed by atoms with Crippen LogP contribution >= 0.6 is 23.1 Å². The Bertz CT molecular complexity index is 543. The summed E-state index contributed by atoms with van der Waals surface area (Å²) in [6.45, 7) is 2.08. The lowest BCUT2D eigenvalue weighted by Crippen LogP contribution is -2.07. The first-order valence-corrected chi connectivity index (χ1v) is 6.90. The molecule has 2 N–H and O–H groups in total. The lowest BCUT2D eigenvalue weighted by molar-refractivity contribution is 0.0522. The molecular weight excluding hydrogens is 270 g/mol. The van der Waals surface area contributed by atoms with E-state index in [4.69, 9.17) is 10.5 Å². The van der Waals surface area contributed by atoms with Gasteiger partial charge in [0.2, 0.25) is 0 Å². The standard InChI is InChI=1S/C11H11N3O2S2/c1-2-16-10(15)7-5-9(12)14-6-8(7)18-11-13-3-4-17-11/h3-6H,2H2,1H3,(H2,12,14). The fourth-order valence-corrected chi connectivity index (χ4v) is 2.91. The molecule has 0 aromatic carbocycles. The molecular formula is C11H11N3O2S2. The number of esters is 1. The summed E-state index contributed by atoms with van der Waals surface area (Å²) in [4.78, 5) is 20.6. The maximum absolute atomic E-state index is 11.8. The van der Waals surface area contributed by atoms with Crippen molar-refractivity contribution in [1.29, 1.82) is 0 Å². The zero-order chi connectivity index (χ0) is 13.0. The molecule has 2 aromatic rings. The van der Waals surface area contributed by atoms with Crippen LogP contribution in [0.1, 0.15) is 17.3 Å². The van der Waals surface area contributed by atoms with E-state index in [9.17, 15) is 4.79 Å². The highest BCUT2D eigenvalue weighted by Crippen LogP contribution is 2.32. The summed E-state index contributed by atoms with van der Waals surface area (Å²) >= 11 is 2.87. The fourth-order valence-electron chi connectivity index (χ4n) is 1.26. The third-order valence-electron chi connectivity index (χ3n) is 1.99. The summed E-state index contributed by atoms with van der Waals surface area (Å²) in [6.07, 6.45) is 3.27. The number of pyridine rings is 1. The Morgan fingerprint density at radius 1 is 1.56 bits per heavy atom. The summed E-state index contributed by atoms with van der Waals surface area (Å²) in [5.41, 5.74) is 6.01. The first kappa shape index (κ1) is 12.8. The number of hydrogen-bond donors (Lipinski definition) is 1. The second-order valence-corrected chi connectivity index (χ2v) is 5.41. The number of aromatic nitrogens is 2. The summed E-state index contributed by atoms with van der Waals surface area (Å²) in [7, 11) is 0. The molecule has 0 unspecified atom stereocenters. The molecule has 7 heteroatoms. The van der Waals surface area contributed by atoms with Gasteiger partial charge in [-0.2, -0.15) is 0 Å². The van der Waals surface area contributed by atoms with E-state index in [1.165, 1.54) is 29.2 Å². The summed E-state index contributed by atoms with van der Waals surface area (Å²) in [5.74, 6) is -0.104. The normalized spacial score (nSPS) is 10.3. The third kappa shape index (κ3) is 2.99. The first-order chi connectivity index (χ1) is 8.70. The molecule has 2 rings (SSSR count). The van der Waals surface area contributed by atoms with Crippen molar-refractivity contribution in [3.8, 4) is 0 Å². The SMILES string of the molecule is CCOC(=O)c1cc(N)ncc1Sc1nccs1. The summed E-state index contributed by atoms with van der Waals surface area (Å²) < 4.78 is 5.83. The number of nitrogens with zero attached hydrogens (tertiary/aromatic N) is 2. The highest BCUT2D eigenvalue weighted by Gasteiger charge is 2.15. The van der Waals surface area contributed by atoms with E-state index in [0.717, 1.165) is 4.34 Å². The average Bonchev–Trinajstić information content (AvgIpc) is 2.84. The molecule has 94 valence electrons. The number of carbonyl (C=O) groups excluding carboxylic acids is 1. The molecule has 0 spiro atoms. The van der Waals surface area contributed by atoms with Crippen LogP contribution in [0.5, 0.6) is 0 Å². The van der Waals surface area contributed by atoms with Crippen LogP contribution in [0.15, 0.2) is 33.1 Å². The number of anilines is 1. The van der Waals surface area contributed by atoms with Crippen molar-refractivity contribution < 1.29 is 9.53 Å². The van der Waals surface area contributed by atoms with E-state index >= 15 is 0 Å². The van der Waals surface area contributed by atoms with Crippen LogP contribution in [-0.4, -0.2) is 22.5 Å². The molecule has 0 fully saturated rings. The van der Waals surface area contributed by atoms with Gasteiger partial charge in [-0.25, -0.2) is 14.8 Å². The smallest absolute Gasteiger partial charge is 0.339 e. The maximum atomic E-state index is 11.8. The fraction of sp³-hybridized carbons (Fsp3) is 0.182. The van der Waals surface area contributed by atoms with Gasteiger partial charge in [0.15, 0.2) is 4.34 Å². The van der Waals surface area contributed by atoms with Crippen molar-refractivity contribution in [3.05, 3.63) is 29.4 Å². The van der Waals surface area contributed by atoms with Crippen LogP contribution in [0.3, 0.4) is 0 Å². The molecule has 2 heterocycles. The number of rotatable bonds is 4. The molecule has 0 bridgehead atoms. The Labute approximate surface area is 112 Å². The molecule has 0 aliphatic carbocycles. The maximum Gasteiger partial charge on any atom is 0.339 e. The molecule has 18 heavy (non-hydrogen) atoms. The lowest BCUT2D eigenvalue weighted by Gasteiger charge is -2.07. The largest absolute Gasteiger partial charge is 0.462 e. The molecule has 2 aromatic heterocycles. The van der Waals surface area contributed by atoms with E-state index < -0.39 is 5.97 Å². The van der Waals surface area contributed by atoms with Crippen molar-refractivity contribution in [2.45, 2.75) is 16.2 Å². The van der Waals surface area contributed by atoms with Crippen LogP contribution in [0, 0.1) is 0 Å². The topological polar surface area (TPSA) is 78.1 Å². The van der Waals surface area contributed by atoms with Gasteiger partial charge in [-0.05, 0) is 13.0 Å². The van der Waals surface area contributed by atoms with E-state index in [1.54, 1.807) is 19.3 Å². The predicted molar refractivity (Wildman–Crippen MR) is 70.8 cm³/mol. The Morgan fingerprint density at radius 2 is 2.39 bits per heavy atom. The predicted octanol–water partition coefficient (Wildman–Crippen LogP) is 2.45. The second-order valence-electron chi connectivity index (χ2n) is 3.23. The van der Waals surface area contributed by atoms with Crippen LogP contribution < -0.4 is 5.73 Å². The van der Waals surface area contributed by atoms with Gasteiger partial charge in [-0.15, -0.1) is 11.3 Å². The highest BCUT2D eigenvalue weighted by atomic mass is 32.2. The average molecular weight is 281 g/mol. The molecule has 0 radical (unpaired) electrons. The quantitative estimate of drug-likeness (QED) is 0.867. The van der Waals surface area contributed by atoms with Gasteiger partial charge < -0.3 is 10.5 Å². The summed E-state index contributed by atoms with van der Waals surface area (Å²) in [5, 5.41) is 1.87. The van der Waals surface area contributed by atoms with Gasteiger partial charge in [0.05, 0.1) is 12.2 Å². The molecule has 0 saturated carbocycles. The summed E-state index contributed by atoms with van der Waals surface area (Å²) in [6, 6.07) is 1.52. The lowest BCUT2D eigenvalue weighted by atomic mass is 10.2. The van der Waals surface area contributed by atoms with Crippen molar-refractivity contribution >= 4 is 34.9 Å². The molecule has 5 nitrogen and oxygen atoms in total. The van der Waals surface area contributed by atoms with E-state index in [1.807, 2.05) is 5.38 Å². The van der Waals surface area contributed by atoms with Gasteiger partial charge in [0.1, 0.15) is 5.82 Å². The minimum Gasteiger partial charge on any atom is -0.462 e. The minimum atomic E-state index is -0.398. The van der Waals surface area contributed by atoms with Gasteiger partial charge in [0, 0.05) is 22.7 Å². The van der Waals surface area contributed by atoms with Gasteiger partial charge >= 0.3 is 5.97 Å². The third-order valence-corrected chi connectivity index (χ3v) is 3.92. The van der Waals surface area contributed by atoms with Crippen molar-refractivity contribution in [2.24, 2.45) is 0 Å². The van der Waals surface area contributed by atoms with Gasteiger partial charge in [-0.3, -0.25) is 0 Å². The number of nitrogen functional groups attached to an aromatic ring is 1. The molecule has 0 amide bonds. The minimum absolute atomic E-state index is 0.293. The van der Waals surface area contributed by atoms with Crippen LogP contribution in [0.2, 0.25) is 0 Å². The highest BCUT2D eigenvalue weighted by molar-refractivity contribution is 8.01. The first-order valence-electron chi connectivity index (χ1n) is 5.20. The van der Waals surface area contributed by atoms with E-state index in [0.29, 0.717) is 22.9 Å².